The van der Waals surface area contributed by atoms with Crippen molar-refractivity contribution in [3.05, 3.63) is 52.9 Å². The van der Waals surface area contributed by atoms with Crippen LogP contribution >= 0.6 is 11.6 Å². The van der Waals surface area contributed by atoms with Crippen LogP contribution in [-0.4, -0.2) is 18.1 Å². The van der Waals surface area contributed by atoms with Crippen molar-refractivity contribution in [2.75, 3.05) is 7.11 Å². The number of carbonyl (C=O) groups is 1. The number of hydrogen-bond acceptors (Lipinski definition) is 4. The van der Waals surface area contributed by atoms with Crippen molar-refractivity contribution in [1.29, 1.82) is 0 Å². The molecule has 19 heavy (non-hydrogen) atoms. The van der Waals surface area contributed by atoms with Gasteiger partial charge in [0.25, 0.3) is 0 Å². The van der Waals surface area contributed by atoms with E-state index in [0.29, 0.717) is 0 Å². The minimum atomic E-state index is -0.638. The lowest BCUT2D eigenvalue weighted by Crippen LogP contribution is -2.05. The van der Waals surface area contributed by atoms with Gasteiger partial charge in [0.1, 0.15) is 17.1 Å². The van der Waals surface area contributed by atoms with Crippen molar-refractivity contribution < 1.29 is 18.7 Å². The van der Waals surface area contributed by atoms with E-state index >= 15 is 0 Å². The molecule has 1 aromatic carbocycles. The lowest BCUT2D eigenvalue weighted by atomic mass is 10.2. The maximum Gasteiger partial charge on any atom is 0.343 e. The van der Waals surface area contributed by atoms with Crippen LogP contribution in [0.1, 0.15) is 10.4 Å². The fraction of sp³-hybridized carbons (Fsp3) is 0.0769. The number of esters is 1. The highest BCUT2D eigenvalue weighted by Crippen LogP contribution is 2.26. The average Bonchev–Trinajstić information content (AvgIpc) is 2.40. The zero-order chi connectivity index (χ0) is 13.8. The van der Waals surface area contributed by atoms with Crippen LogP contribution < -0.4 is 4.74 Å². The van der Waals surface area contributed by atoms with Gasteiger partial charge in [-0.2, -0.15) is 0 Å². The second-order valence-corrected chi connectivity index (χ2v) is 3.99. The number of benzene rings is 1. The molecule has 0 bridgehead atoms. The molecular weight excluding hydrogens is 273 g/mol. The molecule has 0 saturated heterocycles. The van der Waals surface area contributed by atoms with E-state index in [1.165, 1.54) is 37.6 Å². The number of nitrogens with zero attached hydrogens (tertiary/aromatic N) is 1. The highest BCUT2D eigenvalue weighted by molar-refractivity contribution is 6.30. The van der Waals surface area contributed by atoms with Crippen LogP contribution in [0.5, 0.6) is 11.6 Å². The Labute approximate surface area is 113 Å². The molecule has 2 rings (SSSR count). The Balaban J connectivity index is 2.37. The summed E-state index contributed by atoms with van der Waals surface area (Å²) < 4.78 is 23.0. The van der Waals surface area contributed by atoms with E-state index in [1.807, 2.05) is 0 Å². The van der Waals surface area contributed by atoms with Gasteiger partial charge in [-0.3, -0.25) is 0 Å². The smallest absolute Gasteiger partial charge is 0.343 e. The third kappa shape index (κ3) is 3.20. The van der Waals surface area contributed by atoms with E-state index in [1.54, 1.807) is 6.07 Å². The van der Waals surface area contributed by atoms with Crippen LogP contribution in [0.15, 0.2) is 36.5 Å². The molecule has 0 amide bonds. The van der Waals surface area contributed by atoms with Crippen molar-refractivity contribution in [2.45, 2.75) is 0 Å². The first-order chi connectivity index (χ1) is 9.10. The van der Waals surface area contributed by atoms with Crippen LogP contribution in [0.25, 0.3) is 0 Å². The third-order valence-electron chi connectivity index (χ3n) is 2.23. The Morgan fingerprint density at radius 2 is 2.16 bits per heavy atom. The molecule has 0 radical (unpaired) electrons. The van der Waals surface area contributed by atoms with Gasteiger partial charge in [0.15, 0.2) is 0 Å². The highest BCUT2D eigenvalue weighted by atomic mass is 35.5. The topological polar surface area (TPSA) is 48.4 Å². The monoisotopic (exact) mass is 281 g/mol. The maximum atomic E-state index is 13.0. The summed E-state index contributed by atoms with van der Waals surface area (Å²) in [7, 11) is 1.23. The molecule has 0 atom stereocenters. The molecule has 98 valence electrons. The fourth-order valence-electron chi connectivity index (χ4n) is 1.41. The maximum absolute atomic E-state index is 13.0. The average molecular weight is 282 g/mol. The van der Waals surface area contributed by atoms with Gasteiger partial charge in [0.2, 0.25) is 5.88 Å². The minimum absolute atomic E-state index is 0.00171. The molecular formula is C13H9ClFNO3. The predicted molar refractivity (Wildman–Crippen MR) is 67.1 cm³/mol. The van der Waals surface area contributed by atoms with Crippen molar-refractivity contribution in [3.8, 4) is 11.6 Å². The largest absolute Gasteiger partial charge is 0.465 e. The summed E-state index contributed by atoms with van der Waals surface area (Å²) in [5.41, 5.74) is 0.0688. The highest BCUT2D eigenvalue weighted by Gasteiger charge is 2.16. The van der Waals surface area contributed by atoms with Crippen LogP contribution in [-0.2, 0) is 4.74 Å². The van der Waals surface area contributed by atoms with Crippen molar-refractivity contribution in [1.82, 2.24) is 4.98 Å². The number of halogens is 2. The van der Waals surface area contributed by atoms with Gasteiger partial charge in [-0.15, -0.1) is 0 Å². The van der Waals surface area contributed by atoms with Crippen molar-refractivity contribution in [3.63, 3.8) is 0 Å². The lowest BCUT2D eigenvalue weighted by molar-refractivity contribution is 0.0597. The molecule has 1 heterocycles. The van der Waals surface area contributed by atoms with Gasteiger partial charge < -0.3 is 9.47 Å². The normalized spacial score (nSPS) is 10.1. The molecule has 0 unspecified atom stereocenters. The first-order valence-corrected chi connectivity index (χ1v) is 5.65. The van der Waals surface area contributed by atoms with E-state index in [-0.39, 0.29) is 22.2 Å². The number of methoxy groups -OCH3 is 1. The number of rotatable bonds is 3. The van der Waals surface area contributed by atoms with E-state index in [2.05, 4.69) is 9.72 Å². The molecule has 0 saturated carbocycles. The lowest BCUT2D eigenvalue weighted by Gasteiger charge is -2.08. The second kappa shape index (κ2) is 5.67. The van der Waals surface area contributed by atoms with E-state index in [4.69, 9.17) is 16.3 Å². The van der Waals surface area contributed by atoms with Crippen LogP contribution in [0, 0.1) is 5.82 Å². The Morgan fingerprint density at radius 3 is 2.84 bits per heavy atom. The van der Waals surface area contributed by atoms with Crippen molar-refractivity contribution in [2.24, 2.45) is 0 Å². The van der Waals surface area contributed by atoms with Gasteiger partial charge >= 0.3 is 5.97 Å². The van der Waals surface area contributed by atoms with E-state index in [0.717, 1.165) is 0 Å². The molecule has 4 nitrogen and oxygen atoms in total. The van der Waals surface area contributed by atoms with Crippen LogP contribution in [0.3, 0.4) is 0 Å². The van der Waals surface area contributed by atoms with Crippen LogP contribution in [0.4, 0.5) is 4.39 Å². The van der Waals surface area contributed by atoms with Crippen LogP contribution in [0.2, 0.25) is 5.02 Å². The van der Waals surface area contributed by atoms with Gasteiger partial charge in [0.05, 0.1) is 12.1 Å². The van der Waals surface area contributed by atoms with E-state index in [9.17, 15) is 9.18 Å². The third-order valence-corrected chi connectivity index (χ3v) is 2.44. The fourth-order valence-corrected chi connectivity index (χ4v) is 1.56. The minimum Gasteiger partial charge on any atom is -0.465 e. The zero-order valence-corrected chi connectivity index (χ0v) is 10.6. The number of aromatic nitrogens is 1. The molecule has 0 aliphatic heterocycles. The van der Waals surface area contributed by atoms with Gasteiger partial charge in [-0.25, -0.2) is 14.2 Å². The summed E-state index contributed by atoms with van der Waals surface area (Å²) in [4.78, 5) is 15.5. The molecule has 2 aromatic rings. The summed E-state index contributed by atoms with van der Waals surface area (Å²) in [6.45, 7) is 0. The molecule has 1 aromatic heterocycles. The summed E-state index contributed by atoms with van der Waals surface area (Å²) in [6.07, 6.45) is 1.32. The predicted octanol–water partition coefficient (Wildman–Crippen LogP) is 3.45. The molecule has 0 spiro atoms. The number of carbonyl (C=O) groups excluding carboxylic acids is 1. The second-order valence-electron chi connectivity index (χ2n) is 3.56. The quantitative estimate of drug-likeness (QED) is 0.809. The molecule has 0 aliphatic rings. The number of hydrogen-bond donors (Lipinski definition) is 0. The molecule has 6 heteroatoms. The summed E-state index contributed by atoms with van der Waals surface area (Å²) in [5.74, 6) is -0.866. The number of ether oxygens (including phenoxy) is 2. The molecule has 0 fully saturated rings. The summed E-state index contributed by atoms with van der Waals surface area (Å²) in [6, 6.07) is 6.86. The molecule has 0 N–H and O–H groups in total. The molecule has 0 aliphatic carbocycles. The van der Waals surface area contributed by atoms with Gasteiger partial charge in [-0.1, -0.05) is 17.7 Å². The summed E-state index contributed by atoms with van der Waals surface area (Å²) >= 11 is 5.76. The first-order valence-electron chi connectivity index (χ1n) is 5.27. The Morgan fingerprint density at radius 1 is 1.37 bits per heavy atom. The van der Waals surface area contributed by atoms with Gasteiger partial charge in [0, 0.05) is 12.3 Å². The van der Waals surface area contributed by atoms with E-state index < -0.39 is 11.8 Å². The first kappa shape index (κ1) is 13.3. The summed E-state index contributed by atoms with van der Waals surface area (Å²) in [5, 5.41) is 0.270. The Kier molecular flexibility index (Phi) is 3.97. The Hall–Kier alpha value is -2.14. The standard InChI is InChI=1S/C13H9ClFNO3/c1-18-13(17)11-5-8(14)7-16-12(11)19-10-4-2-3-9(15)6-10/h2-7H,1H3. The number of pyridine rings is 1. The Bertz CT molecular complexity index is 619. The zero-order valence-electron chi connectivity index (χ0n) is 9.89. The van der Waals surface area contributed by atoms with Gasteiger partial charge in [-0.05, 0) is 18.2 Å². The van der Waals surface area contributed by atoms with Crippen molar-refractivity contribution >= 4 is 17.6 Å². The SMILES string of the molecule is COC(=O)c1cc(Cl)cnc1Oc1cccc(F)c1.